The van der Waals surface area contributed by atoms with E-state index in [1.165, 1.54) is 18.2 Å². The second-order valence-corrected chi connectivity index (χ2v) is 5.66. The van der Waals surface area contributed by atoms with Crippen LogP contribution in [0.5, 0.6) is 0 Å². The van der Waals surface area contributed by atoms with E-state index in [4.69, 9.17) is 4.74 Å². The van der Waals surface area contributed by atoms with E-state index in [0.717, 1.165) is 12.8 Å². The van der Waals surface area contributed by atoms with Gasteiger partial charge in [0.15, 0.2) is 0 Å². The van der Waals surface area contributed by atoms with Crippen LogP contribution in [-0.4, -0.2) is 36.6 Å². The van der Waals surface area contributed by atoms with Crippen LogP contribution >= 0.6 is 12.6 Å². The maximum absolute atomic E-state index is 13.7. The van der Waals surface area contributed by atoms with Crippen LogP contribution in [0.1, 0.15) is 30.1 Å². The maximum Gasteiger partial charge on any atom is 0.256 e. The van der Waals surface area contributed by atoms with E-state index in [1.54, 1.807) is 12.0 Å². The molecule has 1 atom stereocenters. The van der Waals surface area contributed by atoms with Crippen LogP contribution in [0.15, 0.2) is 23.1 Å². The van der Waals surface area contributed by atoms with Gasteiger partial charge in [0.25, 0.3) is 5.91 Å². The summed E-state index contributed by atoms with van der Waals surface area (Å²) < 4.78 is 19.2. The van der Waals surface area contributed by atoms with Crippen LogP contribution in [0, 0.1) is 5.82 Å². The minimum Gasteiger partial charge on any atom is -0.377 e. The number of thiol groups is 1. The Bertz CT molecular complexity index is 494. The van der Waals surface area contributed by atoms with E-state index in [9.17, 15) is 9.18 Å². The number of nitrogens with zero attached hydrogens (tertiary/aromatic N) is 1. The topological polar surface area (TPSA) is 29.5 Å². The number of carbonyl (C=O) groups excluding carboxylic acids is 1. The monoisotopic (exact) mass is 283 g/mol. The molecular weight excluding hydrogens is 265 g/mol. The number of hydrogen-bond donors (Lipinski definition) is 1. The van der Waals surface area contributed by atoms with Gasteiger partial charge in [-0.25, -0.2) is 4.39 Å². The van der Waals surface area contributed by atoms with Crippen molar-refractivity contribution in [1.29, 1.82) is 0 Å². The molecule has 104 valence electrons. The summed E-state index contributed by atoms with van der Waals surface area (Å²) in [4.78, 5) is 14.6. The van der Waals surface area contributed by atoms with Crippen molar-refractivity contribution in [1.82, 2.24) is 4.90 Å². The Hall–Kier alpha value is -1.07. The zero-order valence-electron chi connectivity index (χ0n) is 11.1. The number of hydrogen-bond acceptors (Lipinski definition) is 3. The summed E-state index contributed by atoms with van der Waals surface area (Å²) in [5.74, 6) is -0.802. The van der Waals surface area contributed by atoms with E-state index in [-0.39, 0.29) is 17.1 Å². The normalized spacial score (nSPS) is 23.5. The van der Waals surface area contributed by atoms with Gasteiger partial charge in [-0.3, -0.25) is 4.79 Å². The Balaban J connectivity index is 2.22. The number of benzene rings is 1. The maximum atomic E-state index is 13.7. The summed E-state index contributed by atoms with van der Waals surface area (Å²) >= 11 is 4.15. The number of likely N-dealkylation sites (tertiary alicyclic amines) is 1. The van der Waals surface area contributed by atoms with Gasteiger partial charge in [0, 0.05) is 25.1 Å². The van der Waals surface area contributed by atoms with Crippen molar-refractivity contribution >= 4 is 18.5 Å². The third kappa shape index (κ3) is 3.09. The van der Waals surface area contributed by atoms with Crippen LogP contribution < -0.4 is 0 Å². The van der Waals surface area contributed by atoms with Gasteiger partial charge in [-0.05, 0) is 38.0 Å². The van der Waals surface area contributed by atoms with E-state index < -0.39 is 5.82 Å². The van der Waals surface area contributed by atoms with Crippen molar-refractivity contribution in [2.24, 2.45) is 0 Å². The first-order valence-electron chi connectivity index (χ1n) is 6.28. The number of ether oxygens (including phenoxy) is 1. The molecule has 1 amide bonds. The largest absolute Gasteiger partial charge is 0.377 e. The highest BCUT2D eigenvalue weighted by atomic mass is 32.1. The highest BCUT2D eigenvalue weighted by Gasteiger charge is 2.34. The predicted octanol–water partition coefficient (Wildman–Crippen LogP) is 2.76. The zero-order chi connectivity index (χ0) is 14.0. The Labute approximate surface area is 118 Å². The molecule has 0 radical (unpaired) electrons. The fraction of sp³-hybridized carbons (Fsp3) is 0.500. The molecule has 1 aliphatic heterocycles. The molecule has 0 N–H and O–H groups in total. The van der Waals surface area contributed by atoms with Crippen molar-refractivity contribution in [3.8, 4) is 0 Å². The Kier molecular flexibility index (Phi) is 4.16. The van der Waals surface area contributed by atoms with Crippen molar-refractivity contribution in [3.05, 3.63) is 29.6 Å². The lowest BCUT2D eigenvalue weighted by molar-refractivity contribution is -0.0441. The van der Waals surface area contributed by atoms with Crippen molar-refractivity contribution in [2.45, 2.75) is 30.3 Å². The molecule has 2 rings (SSSR count). The third-order valence-electron chi connectivity index (χ3n) is 3.62. The molecule has 1 saturated heterocycles. The van der Waals surface area contributed by atoms with Gasteiger partial charge >= 0.3 is 0 Å². The molecule has 1 aliphatic rings. The number of piperidine rings is 1. The van der Waals surface area contributed by atoms with Crippen molar-refractivity contribution in [3.63, 3.8) is 0 Å². The number of carbonyl (C=O) groups is 1. The molecule has 3 nitrogen and oxygen atoms in total. The van der Waals surface area contributed by atoms with Gasteiger partial charge in [0.2, 0.25) is 0 Å². The van der Waals surface area contributed by atoms with E-state index in [1.807, 2.05) is 6.92 Å². The smallest absolute Gasteiger partial charge is 0.256 e. The van der Waals surface area contributed by atoms with Crippen molar-refractivity contribution < 1.29 is 13.9 Å². The average Bonchev–Trinajstić information content (AvgIpc) is 2.41. The molecule has 1 unspecified atom stereocenters. The molecule has 1 aromatic rings. The van der Waals surface area contributed by atoms with E-state index in [2.05, 4.69) is 12.6 Å². The fourth-order valence-electron chi connectivity index (χ4n) is 2.39. The van der Waals surface area contributed by atoms with Crippen LogP contribution in [0.25, 0.3) is 0 Å². The number of halogens is 1. The lowest BCUT2D eigenvalue weighted by atomic mass is 9.94. The number of amides is 1. The molecule has 0 aromatic heterocycles. The highest BCUT2D eigenvalue weighted by molar-refractivity contribution is 7.80. The predicted molar refractivity (Wildman–Crippen MR) is 74.2 cm³/mol. The number of rotatable bonds is 2. The van der Waals surface area contributed by atoms with Crippen LogP contribution in [-0.2, 0) is 4.74 Å². The SMILES string of the molecule is COC1(C)CCCN(C(=O)c2cc(S)ccc2F)C1. The quantitative estimate of drug-likeness (QED) is 0.846. The summed E-state index contributed by atoms with van der Waals surface area (Å²) in [5, 5.41) is 0. The van der Waals surface area contributed by atoms with Gasteiger partial charge < -0.3 is 9.64 Å². The second-order valence-electron chi connectivity index (χ2n) is 5.15. The summed E-state index contributed by atoms with van der Waals surface area (Å²) in [6, 6.07) is 4.28. The molecule has 0 saturated carbocycles. The molecule has 1 heterocycles. The Morgan fingerprint density at radius 3 is 2.95 bits per heavy atom. The molecule has 0 bridgehead atoms. The molecule has 1 fully saturated rings. The standard InChI is InChI=1S/C14H18FNO2S/c1-14(18-2)6-3-7-16(9-14)13(17)11-8-10(19)4-5-12(11)15/h4-5,8,19H,3,6-7,9H2,1-2H3. The van der Waals surface area contributed by atoms with E-state index >= 15 is 0 Å². The third-order valence-corrected chi connectivity index (χ3v) is 3.90. The van der Waals surface area contributed by atoms with Gasteiger partial charge in [-0.2, -0.15) is 0 Å². The number of methoxy groups -OCH3 is 1. The van der Waals surface area contributed by atoms with Gasteiger partial charge in [0.1, 0.15) is 5.82 Å². The van der Waals surface area contributed by atoms with Crippen LogP contribution in [0.2, 0.25) is 0 Å². The molecule has 19 heavy (non-hydrogen) atoms. The summed E-state index contributed by atoms with van der Waals surface area (Å²) in [5.41, 5.74) is -0.268. The molecule has 0 aliphatic carbocycles. The average molecular weight is 283 g/mol. The fourth-order valence-corrected chi connectivity index (χ4v) is 2.60. The zero-order valence-corrected chi connectivity index (χ0v) is 12.0. The minimum absolute atomic E-state index is 0.0767. The lowest BCUT2D eigenvalue weighted by Crippen LogP contribution is -2.49. The summed E-state index contributed by atoms with van der Waals surface area (Å²) in [6.45, 7) is 3.09. The first-order chi connectivity index (χ1) is 8.95. The van der Waals surface area contributed by atoms with Gasteiger partial charge in [-0.15, -0.1) is 12.6 Å². The first kappa shape index (κ1) is 14.3. The van der Waals surface area contributed by atoms with Crippen molar-refractivity contribution in [2.75, 3.05) is 20.2 Å². The minimum atomic E-state index is -0.507. The summed E-state index contributed by atoms with van der Waals surface area (Å²) in [6.07, 6.45) is 1.76. The lowest BCUT2D eigenvalue weighted by Gasteiger charge is -2.39. The van der Waals surface area contributed by atoms with Gasteiger partial charge in [0.05, 0.1) is 11.2 Å². The van der Waals surface area contributed by atoms with E-state index in [0.29, 0.717) is 18.0 Å². The first-order valence-corrected chi connectivity index (χ1v) is 6.73. The molecule has 0 spiro atoms. The second kappa shape index (κ2) is 5.51. The van der Waals surface area contributed by atoms with Crippen LogP contribution in [0.3, 0.4) is 0 Å². The van der Waals surface area contributed by atoms with Crippen LogP contribution in [0.4, 0.5) is 4.39 Å². The summed E-state index contributed by atoms with van der Waals surface area (Å²) in [7, 11) is 1.64. The Morgan fingerprint density at radius 1 is 1.53 bits per heavy atom. The van der Waals surface area contributed by atoms with Gasteiger partial charge in [-0.1, -0.05) is 0 Å². The molecule has 1 aromatic carbocycles. The molecular formula is C14H18FNO2S. The Morgan fingerprint density at radius 2 is 2.26 bits per heavy atom. The molecule has 5 heteroatoms. The highest BCUT2D eigenvalue weighted by Crippen LogP contribution is 2.26.